The molecule has 3 rings (SSSR count). The van der Waals surface area contributed by atoms with E-state index in [1.165, 1.54) is 6.39 Å². The molecule has 0 aliphatic heterocycles. The Bertz CT molecular complexity index is 489. The zero-order valence-electron chi connectivity index (χ0n) is 10.2. The third kappa shape index (κ3) is 2.22. The fraction of sp³-hybridized carbons (Fsp3) is 0.385. The summed E-state index contributed by atoms with van der Waals surface area (Å²) >= 11 is 0. The van der Waals surface area contributed by atoms with E-state index in [9.17, 15) is 0 Å². The number of methoxy groups -OCH3 is 1. The molecule has 1 aromatic carbocycles. The van der Waals surface area contributed by atoms with E-state index in [4.69, 9.17) is 9.15 Å². The van der Waals surface area contributed by atoms with E-state index < -0.39 is 0 Å². The van der Waals surface area contributed by atoms with Crippen molar-refractivity contribution in [1.29, 1.82) is 0 Å². The van der Waals surface area contributed by atoms with Gasteiger partial charge in [-0.25, -0.2) is 0 Å². The molecular weight excluding hydrogens is 230 g/mol. The predicted octanol–water partition coefficient (Wildman–Crippen LogP) is 2.33. The molecule has 1 aliphatic rings. The summed E-state index contributed by atoms with van der Waals surface area (Å²) in [6.45, 7) is 0. The highest BCUT2D eigenvalue weighted by atomic mass is 16.5. The molecule has 94 valence electrons. The summed E-state index contributed by atoms with van der Waals surface area (Å²) in [4.78, 5) is 0. The van der Waals surface area contributed by atoms with Crippen molar-refractivity contribution in [3.63, 3.8) is 0 Å². The lowest BCUT2D eigenvalue weighted by molar-refractivity contribution is 0.0329. The van der Waals surface area contributed by atoms with Gasteiger partial charge in [0.25, 0.3) is 0 Å². The maximum Gasteiger partial charge on any atom is 0.247 e. The molecule has 1 fully saturated rings. The van der Waals surface area contributed by atoms with Crippen LogP contribution >= 0.6 is 0 Å². The molecule has 0 amide bonds. The van der Waals surface area contributed by atoms with Gasteiger partial charge in [-0.15, -0.1) is 10.2 Å². The Labute approximate surface area is 105 Å². The van der Waals surface area contributed by atoms with Gasteiger partial charge in [-0.05, 0) is 37.1 Å². The molecule has 1 aliphatic carbocycles. The average molecular weight is 245 g/mol. The van der Waals surface area contributed by atoms with E-state index in [-0.39, 0.29) is 0 Å². The van der Waals surface area contributed by atoms with Crippen LogP contribution in [0.3, 0.4) is 0 Å². The molecule has 1 heterocycles. The molecule has 5 heteroatoms. The van der Waals surface area contributed by atoms with Crippen LogP contribution in [-0.4, -0.2) is 29.5 Å². The minimum absolute atomic E-state index is 0.417. The molecule has 1 N–H and O–H groups in total. The van der Waals surface area contributed by atoms with Crippen molar-refractivity contribution in [1.82, 2.24) is 10.2 Å². The van der Waals surface area contributed by atoms with Gasteiger partial charge in [-0.1, -0.05) is 0 Å². The number of aromatic nitrogens is 2. The first kappa shape index (κ1) is 11.2. The minimum Gasteiger partial charge on any atom is -0.423 e. The van der Waals surface area contributed by atoms with Crippen molar-refractivity contribution >= 4 is 5.69 Å². The van der Waals surface area contributed by atoms with Crippen LogP contribution < -0.4 is 5.32 Å². The number of ether oxygens (including phenoxy) is 1. The first-order valence-electron chi connectivity index (χ1n) is 6.01. The number of nitrogens with one attached hydrogen (secondary N) is 1. The van der Waals surface area contributed by atoms with Gasteiger partial charge in [-0.2, -0.15) is 0 Å². The molecule has 2 aromatic rings. The molecule has 1 saturated carbocycles. The van der Waals surface area contributed by atoms with E-state index >= 15 is 0 Å². The summed E-state index contributed by atoms with van der Waals surface area (Å²) in [7, 11) is 1.76. The van der Waals surface area contributed by atoms with Crippen LogP contribution in [0.25, 0.3) is 11.5 Å². The lowest BCUT2D eigenvalue weighted by Crippen LogP contribution is -2.40. The quantitative estimate of drug-likeness (QED) is 0.895. The van der Waals surface area contributed by atoms with Crippen molar-refractivity contribution in [2.24, 2.45) is 0 Å². The number of hydrogen-bond donors (Lipinski definition) is 1. The number of hydrogen-bond acceptors (Lipinski definition) is 5. The highest BCUT2D eigenvalue weighted by molar-refractivity contribution is 5.58. The summed E-state index contributed by atoms with van der Waals surface area (Å²) in [6, 6.07) is 8.52. The number of benzene rings is 1. The van der Waals surface area contributed by atoms with Crippen molar-refractivity contribution in [2.45, 2.75) is 25.0 Å². The van der Waals surface area contributed by atoms with Gasteiger partial charge in [0, 0.05) is 24.4 Å². The van der Waals surface area contributed by atoms with E-state index in [1.54, 1.807) is 7.11 Å². The summed E-state index contributed by atoms with van der Waals surface area (Å²) in [6.07, 6.45) is 3.89. The molecule has 0 unspecified atom stereocenters. The van der Waals surface area contributed by atoms with E-state index in [2.05, 4.69) is 15.5 Å². The molecule has 0 atom stereocenters. The largest absolute Gasteiger partial charge is 0.423 e. The molecule has 18 heavy (non-hydrogen) atoms. The Balaban J connectivity index is 1.62. The maximum absolute atomic E-state index is 5.25. The highest BCUT2D eigenvalue weighted by Crippen LogP contribution is 2.27. The highest BCUT2D eigenvalue weighted by Gasteiger charge is 2.28. The number of nitrogens with zero attached hydrogens (tertiary/aromatic N) is 2. The molecule has 1 aromatic heterocycles. The zero-order chi connectivity index (χ0) is 12.4. The van der Waals surface area contributed by atoms with Crippen LogP contribution in [0, 0.1) is 0 Å². The second-order valence-electron chi connectivity index (χ2n) is 4.49. The maximum atomic E-state index is 5.25. The fourth-order valence-corrected chi connectivity index (χ4v) is 2.12. The number of anilines is 1. The van der Waals surface area contributed by atoms with Crippen LogP contribution in [0.4, 0.5) is 5.69 Å². The van der Waals surface area contributed by atoms with Crippen LogP contribution in [0.2, 0.25) is 0 Å². The molecule has 0 bridgehead atoms. The van der Waals surface area contributed by atoms with Gasteiger partial charge in [0.2, 0.25) is 12.3 Å². The van der Waals surface area contributed by atoms with Crippen LogP contribution in [0.5, 0.6) is 0 Å². The standard InChI is InChI=1S/C13H15N3O2/c1-17-12-6-11(7-12)15-10-4-2-9(3-5-10)13-16-14-8-18-13/h2-5,8,11-12,15H,6-7H2,1H3. The Morgan fingerprint density at radius 2 is 2.06 bits per heavy atom. The molecule has 0 radical (unpaired) electrons. The summed E-state index contributed by atoms with van der Waals surface area (Å²) in [5.74, 6) is 0.546. The van der Waals surface area contributed by atoms with Crippen molar-refractivity contribution < 1.29 is 9.15 Å². The third-order valence-corrected chi connectivity index (χ3v) is 3.29. The zero-order valence-corrected chi connectivity index (χ0v) is 10.2. The van der Waals surface area contributed by atoms with Gasteiger partial charge >= 0.3 is 0 Å². The van der Waals surface area contributed by atoms with Gasteiger partial charge in [0.05, 0.1) is 6.10 Å². The predicted molar refractivity (Wildman–Crippen MR) is 67.2 cm³/mol. The first-order chi connectivity index (χ1) is 8.85. The lowest BCUT2D eigenvalue weighted by atomic mass is 9.89. The Morgan fingerprint density at radius 1 is 1.28 bits per heavy atom. The molecule has 0 spiro atoms. The SMILES string of the molecule is COC1CC(Nc2ccc(-c3nnco3)cc2)C1. The van der Waals surface area contributed by atoms with Crippen LogP contribution in [0.1, 0.15) is 12.8 Å². The number of rotatable bonds is 4. The first-order valence-corrected chi connectivity index (χ1v) is 6.01. The van der Waals surface area contributed by atoms with Crippen molar-refractivity contribution in [2.75, 3.05) is 12.4 Å². The molecule has 5 nitrogen and oxygen atoms in total. The van der Waals surface area contributed by atoms with E-state index in [0.29, 0.717) is 18.0 Å². The van der Waals surface area contributed by atoms with Gasteiger partial charge in [0.1, 0.15) is 0 Å². The monoisotopic (exact) mass is 245 g/mol. The normalized spacial score (nSPS) is 22.5. The second kappa shape index (κ2) is 4.78. The van der Waals surface area contributed by atoms with Gasteiger partial charge < -0.3 is 14.5 Å². The molecular formula is C13H15N3O2. The van der Waals surface area contributed by atoms with Crippen LogP contribution in [0.15, 0.2) is 35.1 Å². The second-order valence-corrected chi connectivity index (χ2v) is 4.49. The van der Waals surface area contributed by atoms with E-state index in [0.717, 1.165) is 24.1 Å². The summed E-state index contributed by atoms with van der Waals surface area (Å²) in [5.41, 5.74) is 2.04. The van der Waals surface area contributed by atoms with Gasteiger partial charge in [-0.3, -0.25) is 0 Å². The minimum atomic E-state index is 0.417. The summed E-state index contributed by atoms with van der Waals surface area (Å²) in [5, 5.41) is 11.0. The summed E-state index contributed by atoms with van der Waals surface area (Å²) < 4.78 is 10.4. The van der Waals surface area contributed by atoms with Crippen molar-refractivity contribution in [3.8, 4) is 11.5 Å². The third-order valence-electron chi connectivity index (χ3n) is 3.29. The fourth-order valence-electron chi connectivity index (χ4n) is 2.12. The lowest BCUT2D eigenvalue weighted by Gasteiger charge is -2.35. The Morgan fingerprint density at radius 3 is 2.67 bits per heavy atom. The average Bonchev–Trinajstić information content (AvgIpc) is 2.88. The van der Waals surface area contributed by atoms with Gasteiger partial charge in [0.15, 0.2) is 0 Å². The smallest absolute Gasteiger partial charge is 0.247 e. The van der Waals surface area contributed by atoms with Crippen molar-refractivity contribution in [3.05, 3.63) is 30.7 Å². The molecule has 0 saturated heterocycles. The Hall–Kier alpha value is -1.88. The van der Waals surface area contributed by atoms with Crippen LogP contribution in [-0.2, 0) is 4.74 Å². The Kier molecular flexibility index (Phi) is 2.98. The van der Waals surface area contributed by atoms with E-state index in [1.807, 2.05) is 24.3 Å². The topological polar surface area (TPSA) is 60.2 Å².